The molecule has 1 heterocycles. The molecule has 0 bridgehead atoms. The Balaban J connectivity index is 1.87. The molecule has 0 unspecified atom stereocenters. The fraction of sp³-hybridized carbons (Fsp3) is 0.158. The first-order valence-electron chi connectivity index (χ1n) is 7.76. The maximum Gasteiger partial charge on any atom is 0.331 e. The molecule has 0 spiro atoms. The number of carbonyl (C=O) groups excluding carboxylic acids is 2. The molecule has 25 heavy (non-hydrogen) atoms. The maximum absolute atomic E-state index is 12.6. The summed E-state index contributed by atoms with van der Waals surface area (Å²) in [5, 5.41) is 10.8. The normalized spacial score (nSPS) is 17.1. The van der Waals surface area contributed by atoms with Crippen LogP contribution < -0.4 is 0 Å². The molecule has 1 aliphatic rings. The number of hydrogen-bond acceptors (Lipinski definition) is 5. The van der Waals surface area contributed by atoms with E-state index in [4.69, 9.17) is 4.74 Å². The minimum absolute atomic E-state index is 0.0316. The number of carbonyl (C=O) groups is 2. The highest BCUT2D eigenvalue weighted by atomic mass is 16.6. The van der Waals surface area contributed by atoms with Gasteiger partial charge in [-0.2, -0.15) is 0 Å². The van der Waals surface area contributed by atoms with Gasteiger partial charge in [0.25, 0.3) is 5.69 Å². The van der Waals surface area contributed by atoms with Gasteiger partial charge < -0.3 is 4.74 Å². The van der Waals surface area contributed by atoms with Crippen LogP contribution in [0.25, 0.3) is 0 Å². The van der Waals surface area contributed by atoms with Crippen LogP contribution in [0.1, 0.15) is 28.3 Å². The molecule has 0 aromatic heterocycles. The van der Waals surface area contributed by atoms with Gasteiger partial charge in [0.15, 0.2) is 5.78 Å². The predicted octanol–water partition coefficient (Wildman–Crippen LogP) is 3.43. The van der Waals surface area contributed by atoms with E-state index in [0.29, 0.717) is 11.1 Å². The Kier molecular flexibility index (Phi) is 4.70. The third-order valence-corrected chi connectivity index (χ3v) is 4.10. The highest BCUT2D eigenvalue weighted by molar-refractivity contribution is 5.96. The number of hydrogen-bond donors (Lipinski definition) is 0. The molecule has 0 radical (unpaired) electrons. The predicted molar refractivity (Wildman–Crippen MR) is 90.2 cm³/mol. The topological polar surface area (TPSA) is 86.5 Å². The lowest BCUT2D eigenvalue weighted by atomic mass is 9.87. The smallest absolute Gasteiger partial charge is 0.331 e. The first-order chi connectivity index (χ1) is 12.0. The number of ether oxygens (including phenoxy) is 1. The molecule has 126 valence electrons. The van der Waals surface area contributed by atoms with Crippen LogP contribution in [-0.2, 0) is 9.53 Å². The van der Waals surface area contributed by atoms with Gasteiger partial charge in [-0.1, -0.05) is 42.5 Å². The van der Waals surface area contributed by atoms with E-state index in [1.54, 1.807) is 42.5 Å². The van der Waals surface area contributed by atoms with Crippen molar-refractivity contribution in [2.24, 2.45) is 0 Å². The number of cyclic esters (lactones) is 1. The number of rotatable bonds is 6. The lowest BCUT2D eigenvalue weighted by molar-refractivity contribution is -0.384. The van der Waals surface area contributed by atoms with Crippen molar-refractivity contribution >= 4 is 17.4 Å². The highest BCUT2D eigenvalue weighted by Crippen LogP contribution is 2.31. The van der Waals surface area contributed by atoms with Crippen molar-refractivity contribution in [3.63, 3.8) is 0 Å². The van der Waals surface area contributed by atoms with Crippen LogP contribution in [0.2, 0.25) is 0 Å². The summed E-state index contributed by atoms with van der Waals surface area (Å²) >= 11 is 0. The molecule has 0 saturated carbocycles. The second-order valence-corrected chi connectivity index (χ2v) is 5.71. The van der Waals surface area contributed by atoms with Crippen LogP contribution in [0.5, 0.6) is 0 Å². The Labute approximate surface area is 143 Å². The summed E-state index contributed by atoms with van der Waals surface area (Å²) in [7, 11) is 0. The van der Waals surface area contributed by atoms with E-state index in [-0.39, 0.29) is 17.9 Å². The maximum atomic E-state index is 12.6. The molecule has 3 rings (SSSR count). The van der Waals surface area contributed by atoms with Gasteiger partial charge in [0.05, 0.1) is 4.92 Å². The van der Waals surface area contributed by atoms with Gasteiger partial charge in [-0.25, -0.2) is 4.79 Å². The highest BCUT2D eigenvalue weighted by Gasteiger charge is 2.30. The first kappa shape index (κ1) is 16.6. The zero-order chi connectivity index (χ0) is 17.8. The summed E-state index contributed by atoms with van der Waals surface area (Å²) in [6.07, 6.45) is 2.51. The summed E-state index contributed by atoms with van der Waals surface area (Å²) < 4.78 is 5.26. The number of benzene rings is 2. The van der Waals surface area contributed by atoms with Crippen LogP contribution in [0, 0.1) is 10.1 Å². The van der Waals surface area contributed by atoms with Crippen LogP contribution in [0.3, 0.4) is 0 Å². The minimum Gasteiger partial charge on any atom is -0.454 e. The van der Waals surface area contributed by atoms with Gasteiger partial charge >= 0.3 is 5.97 Å². The minimum atomic E-state index is -0.568. The van der Waals surface area contributed by atoms with Crippen molar-refractivity contribution < 1.29 is 19.2 Å². The molecule has 0 N–H and O–H groups in total. The second-order valence-electron chi connectivity index (χ2n) is 5.71. The summed E-state index contributed by atoms with van der Waals surface area (Å²) in [6.45, 7) is 0. The number of ketones is 1. The van der Waals surface area contributed by atoms with E-state index >= 15 is 0 Å². The Morgan fingerprint density at radius 3 is 2.36 bits per heavy atom. The number of nitro groups is 1. The van der Waals surface area contributed by atoms with Gasteiger partial charge in [0.2, 0.25) is 0 Å². The third-order valence-electron chi connectivity index (χ3n) is 4.10. The number of nitrogens with zero attached hydrogens (tertiary/aromatic N) is 1. The zero-order valence-electron chi connectivity index (χ0n) is 13.2. The van der Waals surface area contributed by atoms with Gasteiger partial charge in [-0.15, -0.1) is 0 Å². The van der Waals surface area contributed by atoms with E-state index < -0.39 is 22.9 Å². The molecule has 6 nitrogen and oxygen atoms in total. The van der Waals surface area contributed by atoms with Crippen molar-refractivity contribution in [2.45, 2.75) is 18.4 Å². The average molecular weight is 337 g/mol. The van der Waals surface area contributed by atoms with E-state index in [1.165, 1.54) is 18.2 Å². The van der Waals surface area contributed by atoms with E-state index in [9.17, 15) is 19.7 Å². The molecular formula is C19H15NO5. The third kappa shape index (κ3) is 3.80. The monoisotopic (exact) mass is 337 g/mol. The number of Topliss-reactive ketones (excluding diaryl/α,β-unsaturated/α-hetero) is 1. The average Bonchev–Trinajstić information content (AvgIpc) is 3.06. The van der Waals surface area contributed by atoms with Crippen molar-refractivity contribution in [1.82, 2.24) is 0 Å². The largest absolute Gasteiger partial charge is 0.454 e. The fourth-order valence-electron chi connectivity index (χ4n) is 2.81. The molecule has 0 aliphatic carbocycles. The fourth-order valence-corrected chi connectivity index (χ4v) is 2.81. The van der Waals surface area contributed by atoms with E-state index in [1.807, 2.05) is 6.07 Å². The first-order valence-corrected chi connectivity index (χ1v) is 7.76. The molecular weight excluding hydrogens is 322 g/mol. The van der Waals surface area contributed by atoms with E-state index in [2.05, 4.69) is 0 Å². The van der Waals surface area contributed by atoms with Crippen LogP contribution in [0.15, 0.2) is 66.7 Å². The van der Waals surface area contributed by atoms with Crippen LogP contribution in [-0.4, -0.2) is 22.8 Å². The van der Waals surface area contributed by atoms with Crippen molar-refractivity contribution in [3.8, 4) is 0 Å². The van der Waals surface area contributed by atoms with Gasteiger partial charge in [0.1, 0.15) is 6.10 Å². The standard InChI is InChI=1S/C19H15NO5/c21-17(14-4-2-1-3-5-14)12-16(18-10-11-19(22)25-18)13-6-8-15(9-7-13)20(23)24/h1-11,16,18H,12H2/t16-,18+/m0/s1. The van der Waals surface area contributed by atoms with Gasteiger partial charge in [-0.05, 0) is 11.6 Å². The molecule has 1 aliphatic heterocycles. The Morgan fingerprint density at radius 2 is 1.80 bits per heavy atom. The van der Waals surface area contributed by atoms with Crippen molar-refractivity contribution in [2.75, 3.05) is 0 Å². The number of esters is 1. The zero-order valence-corrected chi connectivity index (χ0v) is 13.2. The lowest BCUT2D eigenvalue weighted by Gasteiger charge is -2.21. The molecule has 0 amide bonds. The summed E-state index contributed by atoms with van der Waals surface area (Å²) in [5.74, 6) is -0.944. The van der Waals surface area contributed by atoms with Gasteiger partial charge in [0, 0.05) is 36.1 Å². The van der Waals surface area contributed by atoms with Gasteiger partial charge in [-0.3, -0.25) is 14.9 Å². The summed E-state index contributed by atoms with van der Waals surface area (Å²) in [6, 6.07) is 14.8. The molecule has 2 aromatic carbocycles. The lowest BCUT2D eigenvalue weighted by Crippen LogP contribution is -2.21. The summed E-state index contributed by atoms with van der Waals surface area (Å²) in [5.41, 5.74) is 1.25. The number of nitro benzene ring substituents is 1. The Bertz CT molecular complexity index is 827. The molecule has 2 aromatic rings. The number of non-ortho nitro benzene ring substituents is 1. The van der Waals surface area contributed by atoms with Crippen molar-refractivity contribution in [3.05, 3.63) is 88.0 Å². The molecule has 6 heteroatoms. The van der Waals surface area contributed by atoms with Crippen molar-refractivity contribution in [1.29, 1.82) is 0 Å². The van der Waals surface area contributed by atoms with E-state index in [0.717, 1.165) is 0 Å². The SMILES string of the molecule is O=C1C=C[C@H]([C@@H](CC(=O)c2ccccc2)c2ccc([N+](=O)[O-])cc2)O1. The summed E-state index contributed by atoms with van der Waals surface area (Å²) in [4.78, 5) is 34.3. The van der Waals surface area contributed by atoms with Crippen LogP contribution in [0.4, 0.5) is 5.69 Å². The Morgan fingerprint density at radius 1 is 1.12 bits per heavy atom. The Hall–Kier alpha value is -3.28. The molecule has 0 fully saturated rings. The van der Waals surface area contributed by atoms with Crippen LogP contribution >= 0.6 is 0 Å². The molecule has 0 saturated heterocycles. The second kappa shape index (κ2) is 7.09. The molecule has 2 atom stereocenters. The quantitative estimate of drug-likeness (QED) is 0.349.